The maximum atomic E-state index is 12.7. The molecule has 0 heterocycles. The Bertz CT molecular complexity index is 399. The summed E-state index contributed by atoms with van der Waals surface area (Å²) in [4.78, 5) is 0. The van der Waals surface area contributed by atoms with Crippen LogP contribution in [0.15, 0.2) is 30.4 Å². The lowest BCUT2D eigenvalue weighted by Gasteiger charge is -2.14. The molecule has 0 amide bonds. The second-order valence-electron chi connectivity index (χ2n) is 3.41. The minimum atomic E-state index is -4.43. The van der Waals surface area contributed by atoms with Crippen LogP contribution in [0, 0.1) is 0 Å². The van der Waals surface area contributed by atoms with E-state index in [0.29, 0.717) is 5.56 Å². The quantitative estimate of drug-likeness (QED) is 0.827. The van der Waals surface area contributed by atoms with E-state index >= 15 is 0 Å². The van der Waals surface area contributed by atoms with Gasteiger partial charge in [-0.05, 0) is 24.6 Å². The van der Waals surface area contributed by atoms with Gasteiger partial charge in [0, 0.05) is 6.54 Å². The number of ether oxygens (including phenoxy) is 1. The van der Waals surface area contributed by atoms with Gasteiger partial charge in [0.05, 0.1) is 5.56 Å². The monoisotopic (exact) mass is 245 g/mol. The summed E-state index contributed by atoms with van der Waals surface area (Å²) in [6.45, 7) is 1.95. The van der Waals surface area contributed by atoms with Gasteiger partial charge in [-0.1, -0.05) is 18.2 Å². The Morgan fingerprint density at radius 1 is 1.35 bits per heavy atom. The molecule has 0 fully saturated rings. The van der Waals surface area contributed by atoms with Crippen molar-refractivity contribution in [3.05, 3.63) is 41.5 Å². The van der Waals surface area contributed by atoms with Crippen molar-refractivity contribution >= 4 is 0 Å². The molecule has 94 valence electrons. The maximum absolute atomic E-state index is 12.7. The zero-order chi connectivity index (χ0) is 12.9. The van der Waals surface area contributed by atoms with Crippen LogP contribution in [0.25, 0.3) is 0 Å². The number of alkyl halides is 3. The number of benzene rings is 1. The predicted molar refractivity (Wildman–Crippen MR) is 59.6 cm³/mol. The smallest absolute Gasteiger partial charge is 0.419 e. The molecule has 1 rings (SSSR count). The van der Waals surface area contributed by atoms with Crippen LogP contribution < -0.4 is 10.5 Å². The molecular formula is C12H14F3NO. The first-order valence-electron chi connectivity index (χ1n) is 5.13. The molecule has 0 saturated carbocycles. The maximum Gasteiger partial charge on any atom is 0.419 e. The third kappa shape index (κ3) is 3.78. The highest BCUT2D eigenvalue weighted by atomic mass is 19.4. The summed E-state index contributed by atoms with van der Waals surface area (Å²) in [6, 6.07) is 3.85. The summed E-state index contributed by atoms with van der Waals surface area (Å²) in [5.41, 5.74) is 4.95. The summed E-state index contributed by atoms with van der Waals surface area (Å²) >= 11 is 0. The number of allylic oxidation sites excluding steroid dienone is 1. The van der Waals surface area contributed by atoms with Gasteiger partial charge in [0.2, 0.25) is 0 Å². The molecule has 1 aromatic carbocycles. The first kappa shape index (κ1) is 13.6. The van der Waals surface area contributed by atoms with E-state index in [1.165, 1.54) is 12.1 Å². The van der Waals surface area contributed by atoms with Crippen molar-refractivity contribution in [3.8, 4) is 5.75 Å². The molecule has 0 spiro atoms. The van der Waals surface area contributed by atoms with Crippen molar-refractivity contribution in [2.45, 2.75) is 19.6 Å². The molecular weight excluding hydrogens is 231 g/mol. The lowest BCUT2D eigenvalue weighted by Crippen LogP contribution is -2.10. The summed E-state index contributed by atoms with van der Waals surface area (Å²) in [7, 11) is 0. The summed E-state index contributed by atoms with van der Waals surface area (Å²) in [5, 5.41) is 0. The van der Waals surface area contributed by atoms with Gasteiger partial charge < -0.3 is 10.5 Å². The van der Waals surface area contributed by atoms with E-state index in [1.807, 2.05) is 0 Å². The van der Waals surface area contributed by atoms with Gasteiger partial charge in [-0.25, -0.2) is 0 Å². The van der Waals surface area contributed by atoms with Crippen molar-refractivity contribution in [2.24, 2.45) is 5.73 Å². The van der Waals surface area contributed by atoms with Crippen molar-refractivity contribution < 1.29 is 17.9 Å². The third-order valence-corrected chi connectivity index (χ3v) is 2.16. The average molecular weight is 245 g/mol. The molecule has 17 heavy (non-hydrogen) atoms. The fourth-order valence-electron chi connectivity index (χ4n) is 1.29. The Hall–Kier alpha value is -1.49. The Morgan fingerprint density at radius 3 is 2.59 bits per heavy atom. The fraction of sp³-hybridized carbons (Fsp3) is 0.333. The first-order valence-corrected chi connectivity index (χ1v) is 5.13. The fourth-order valence-corrected chi connectivity index (χ4v) is 1.29. The molecule has 0 saturated heterocycles. The Kier molecular flexibility index (Phi) is 4.57. The van der Waals surface area contributed by atoms with Gasteiger partial charge in [0.25, 0.3) is 0 Å². The number of nitrogens with two attached hydrogens (primary N) is 1. The molecule has 0 aliphatic rings. The molecule has 5 heteroatoms. The summed E-state index contributed by atoms with van der Waals surface area (Å²) < 4.78 is 43.3. The van der Waals surface area contributed by atoms with Crippen molar-refractivity contribution in [1.82, 2.24) is 0 Å². The van der Waals surface area contributed by atoms with E-state index in [0.717, 1.165) is 6.07 Å². The van der Waals surface area contributed by atoms with E-state index in [4.69, 9.17) is 10.5 Å². The Labute approximate surface area is 97.9 Å². The van der Waals surface area contributed by atoms with Crippen LogP contribution in [0.4, 0.5) is 13.2 Å². The highest BCUT2D eigenvalue weighted by molar-refractivity contribution is 5.39. The van der Waals surface area contributed by atoms with Crippen LogP contribution >= 0.6 is 0 Å². The molecule has 1 aromatic rings. The van der Waals surface area contributed by atoms with Gasteiger partial charge in [-0.3, -0.25) is 0 Å². The van der Waals surface area contributed by atoms with Crippen LogP contribution in [0.5, 0.6) is 5.75 Å². The van der Waals surface area contributed by atoms with Crippen LogP contribution in [0.2, 0.25) is 0 Å². The average Bonchev–Trinajstić information content (AvgIpc) is 2.28. The number of halogens is 3. The zero-order valence-corrected chi connectivity index (χ0v) is 9.42. The lowest BCUT2D eigenvalue weighted by molar-refractivity contribution is -0.138. The van der Waals surface area contributed by atoms with E-state index in [2.05, 4.69) is 0 Å². The van der Waals surface area contributed by atoms with E-state index < -0.39 is 11.7 Å². The first-order chi connectivity index (χ1) is 7.99. The highest BCUT2D eigenvalue weighted by Crippen LogP contribution is 2.36. The normalized spacial score (nSPS) is 12.1. The third-order valence-electron chi connectivity index (χ3n) is 2.16. The molecule has 0 bridgehead atoms. The van der Waals surface area contributed by atoms with Crippen LogP contribution in [0.1, 0.15) is 18.1 Å². The largest absolute Gasteiger partial charge is 0.489 e. The predicted octanol–water partition coefficient (Wildman–Crippen LogP) is 3.12. The standard InChI is InChI=1S/C12H14F3NO/c1-2-3-6-17-11-5-4-9(8-16)7-10(11)12(13,14)15/h2-5,7H,6,8,16H2,1H3. The summed E-state index contributed by atoms with van der Waals surface area (Å²) in [6.07, 6.45) is -1.09. The molecule has 0 aliphatic heterocycles. The van der Waals surface area contributed by atoms with Crippen LogP contribution in [-0.2, 0) is 12.7 Å². The van der Waals surface area contributed by atoms with Gasteiger partial charge in [-0.15, -0.1) is 0 Å². The van der Waals surface area contributed by atoms with E-state index in [-0.39, 0.29) is 18.9 Å². The van der Waals surface area contributed by atoms with E-state index in [1.54, 1.807) is 19.1 Å². The van der Waals surface area contributed by atoms with Crippen LogP contribution in [-0.4, -0.2) is 6.61 Å². The minimum absolute atomic E-state index is 0.0677. The minimum Gasteiger partial charge on any atom is -0.489 e. The van der Waals surface area contributed by atoms with Gasteiger partial charge >= 0.3 is 6.18 Å². The van der Waals surface area contributed by atoms with Gasteiger partial charge in [-0.2, -0.15) is 13.2 Å². The van der Waals surface area contributed by atoms with Crippen molar-refractivity contribution in [3.63, 3.8) is 0 Å². The molecule has 0 aliphatic carbocycles. The molecule has 0 radical (unpaired) electrons. The van der Waals surface area contributed by atoms with Gasteiger partial charge in [0.15, 0.2) is 0 Å². The second-order valence-corrected chi connectivity index (χ2v) is 3.41. The lowest BCUT2D eigenvalue weighted by atomic mass is 10.1. The molecule has 0 atom stereocenters. The molecule has 2 N–H and O–H groups in total. The number of rotatable bonds is 4. The molecule has 2 nitrogen and oxygen atoms in total. The summed E-state index contributed by atoms with van der Waals surface area (Å²) in [5.74, 6) is -0.173. The SMILES string of the molecule is CC=CCOc1ccc(CN)cc1C(F)(F)F. The Balaban J connectivity index is 3.02. The van der Waals surface area contributed by atoms with Crippen LogP contribution in [0.3, 0.4) is 0 Å². The molecule has 0 unspecified atom stereocenters. The van der Waals surface area contributed by atoms with Crippen molar-refractivity contribution in [2.75, 3.05) is 6.61 Å². The van der Waals surface area contributed by atoms with E-state index in [9.17, 15) is 13.2 Å². The second kappa shape index (κ2) is 5.72. The number of hydrogen-bond donors (Lipinski definition) is 1. The highest BCUT2D eigenvalue weighted by Gasteiger charge is 2.34. The molecule has 0 aromatic heterocycles. The number of hydrogen-bond acceptors (Lipinski definition) is 2. The van der Waals surface area contributed by atoms with Gasteiger partial charge in [0.1, 0.15) is 12.4 Å². The zero-order valence-electron chi connectivity index (χ0n) is 9.42. The van der Waals surface area contributed by atoms with Crippen molar-refractivity contribution in [1.29, 1.82) is 0 Å². The topological polar surface area (TPSA) is 35.2 Å². The Morgan fingerprint density at radius 2 is 2.06 bits per heavy atom.